The Morgan fingerprint density at radius 2 is 2.29 bits per heavy atom. The molecular formula is C14H19N3. The molecule has 0 bridgehead atoms. The summed E-state index contributed by atoms with van der Waals surface area (Å²) < 4.78 is 0. The van der Waals surface area contributed by atoms with Crippen molar-refractivity contribution in [2.45, 2.75) is 38.6 Å². The Bertz CT molecular complexity index is 430. The minimum atomic E-state index is 0.512. The van der Waals surface area contributed by atoms with E-state index in [2.05, 4.69) is 18.3 Å². The van der Waals surface area contributed by atoms with Crippen LogP contribution in [0.5, 0.6) is 0 Å². The van der Waals surface area contributed by atoms with Crippen LogP contribution < -0.4 is 11.1 Å². The van der Waals surface area contributed by atoms with E-state index < -0.39 is 0 Å². The predicted molar refractivity (Wildman–Crippen MR) is 70.6 cm³/mol. The molecule has 17 heavy (non-hydrogen) atoms. The van der Waals surface area contributed by atoms with Crippen molar-refractivity contribution in [1.82, 2.24) is 0 Å². The summed E-state index contributed by atoms with van der Waals surface area (Å²) in [5.41, 5.74) is 7.81. The standard InChI is InChI=1S/C14H19N3/c1-2-12(7-10-3-4-10)17-13-5-6-14(16)11(8-13)9-15/h5-6,8,10,12,17H,2-4,7,16H2,1H3. The molecule has 2 rings (SSSR count). The van der Waals surface area contributed by atoms with E-state index in [1.54, 1.807) is 6.07 Å². The third-order valence-electron chi connectivity index (χ3n) is 3.35. The van der Waals surface area contributed by atoms with Crippen molar-refractivity contribution in [3.63, 3.8) is 0 Å². The first-order valence-corrected chi connectivity index (χ1v) is 6.29. The van der Waals surface area contributed by atoms with Crippen LogP contribution >= 0.6 is 0 Å². The molecule has 0 radical (unpaired) electrons. The largest absolute Gasteiger partial charge is 0.398 e. The second kappa shape index (κ2) is 5.09. The van der Waals surface area contributed by atoms with Crippen molar-refractivity contribution in [2.24, 2.45) is 5.92 Å². The molecule has 3 nitrogen and oxygen atoms in total. The van der Waals surface area contributed by atoms with Crippen molar-refractivity contribution in [3.8, 4) is 6.07 Å². The first-order chi connectivity index (χ1) is 8.22. The van der Waals surface area contributed by atoms with Gasteiger partial charge in [-0.05, 0) is 37.0 Å². The van der Waals surface area contributed by atoms with Gasteiger partial charge in [0.25, 0.3) is 0 Å². The third-order valence-corrected chi connectivity index (χ3v) is 3.35. The van der Waals surface area contributed by atoms with Crippen LogP contribution in [-0.2, 0) is 0 Å². The molecule has 3 heteroatoms. The topological polar surface area (TPSA) is 61.8 Å². The zero-order valence-corrected chi connectivity index (χ0v) is 10.2. The summed E-state index contributed by atoms with van der Waals surface area (Å²) in [5.74, 6) is 0.914. The van der Waals surface area contributed by atoms with E-state index in [4.69, 9.17) is 11.0 Å². The number of hydrogen-bond donors (Lipinski definition) is 2. The van der Waals surface area contributed by atoms with Crippen LogP contribution in [-0.4, -0.2) is 6.04 Å². The van der Waals surface area contributed by atoms with E-state index in [9.17, 15) is 0 Å². The Balaban J connectivity index is 2.03. The molecule has 3 N–H and O–H groups in total. The lowest BCUT2D eigenvalue weighted by molar-refractivity contribution is 0.587. The van der Waals surface area contributed by atoms with E-state index in [0.717, 1.165) is 18.0 Å². The van der Waals surface area contributed by atoms with Crippen molar-refractivity contribution < 1.29 is 0 Å². The number of anilines is 2. The lowest BCUT2D eigenvalue weighted by atomic mass is 10.1. The fourth-order valence-electron chi connectivity index (χ4n) is 2.06. The minimum Gasteiger partial charge on any atom is -0.398 e. The molecule has 0 amide bonds. The van der Waals surface area contributed by atoms with Gasteiger partial charge in [-0.1, -0.05) is 19.8 Å². The Morgan fingerprint density at radius 1 is 1.53 bits per heavy atom. The quantitative estimate of drug-likeness (QED) is 0.762. The number of nitrogen functional groups attached to an aromatic ring is 1. The molecule has 1 aliphatic rings. The molecule has 1 atom stereocenters. The van der Waals surface area contributed by atoms with Gasteiger partial charge in [0.05, 0.1) is 5.56 Å². The van der Waals surface area contributed by atoms with E-state index >= 15 is 0 Å². The average molecular weight is 229 g/mol. The number of nitriles is 1. The van der Waals surface area contributed by atoms with Gasteiger partial charge in [0.2, 0.25) is 0 Å². The molecule has 0 aromatic heterocycles. The molecule has 1 aromatic rings. The second-order valence-electron chi connectivity index (χ2n) is 4.84. The highest BCUT2D eigenvalue weighted by atomic mass is 14.9. The van der Waals surface area contributed by atoms with Crippen LogP contribution in [0.1, 0.15) is 38.2 Å². The SMILES string of the molecule is CCC(CC1CC1)Nc1ccc(N)c(C#N)c1. The fourth-order valence-corrected chi connectivity index (χ4v) is 2.06. The van der Waals surface area contributed by atoms with E-state index in [1.807, 2.05) is 12.1 Å². The normalized spacial score (nSPS) is 16.2. The first kappa shape index (κ1) is 11.8. The highest BCUT2D eigenvalue weighted by Crippen LogP contribution is 2.34. The Morgan fingerprint density at radius 3 is 2.88 bits per heavy atom. The molecule has 1 unspecified atom stereocenters. The molecule has 1 saturated carbocycles. The highest BCUT2D eigenvalue weighted by Gasteiger charge is 2.24. The molecule has 1 aliphatic carbocycles. The summed E-state index contributed by atoms with van der Waals surface area (Å²) in [5, 5.41) is 12.4. The lowest BCUT2D eigenvalue weighted by Gasteiger charge is -2.18. The van der Waals surface area contributed by atoms with E-state index in [1.165, 1.54) is 19.3 Å². The third kappa shape index (κ3) is 3.13. The molecule has 0 heterocycles. The molecule has 90 valence electrons. The van der Waals surface area contributed by atoms with Gasteiger partial charge < -0.3 is 11.1 Å². The maximum absolute atomic E-state index is 8.93. The highest BCUT2D eigenvalue weighted by molar-refractivity contribution is 5.62. The van der Waals surface area contributed by atoms with Gasteiger partial charge in [-0.25, -0.2) is 0 Å². The Hall–Kier alpha value is -1.69. The van der Waals surface area contributed by atoms with Crippen molar-refractivity contribution in [1.29, 1.82) is 5.26 Å². The lowest BCUT2D eigenvalue weighted by Crippen LogP contribution is -2.19. The summed E-state index contributed by atoms with van der Waals surface area (Å²) in [6.45, 7) is 2.20. The number of benzene rings is 1. The number of nitrogens with one attached hydrogen (secondary N) is 1. The van der Waals surface area contributed by atoms with Crippen LogP contribution in [0.25, 0.3) is 0 Å². The van der Waals surface area contributed by atoms with Gasteiger partial charge in [-0.15, -0.1) is 0 Å². The first-order valence-electron chi connectivity index (χ1n) is 6.29. The van der Waals surface area contributed by atoms with Gasteiger partial charge in [0.1, 0.15) is 6.07 Å². The molecule has 0 saturated heterocycles. The van der Waals surface area contributed by atoms with Gasteiger partial charge in [-0.3, -0.25) is 0 Å². The smallest absolute Gasteiger partial charge is 0.101 e. The zero-order valence-electron chi connectivity index (χ0n) is 10.2. The molecule has 1 aromatic carbocycles. The molecule has 0 aliphatic heterocycles. The monoisotopic (exact) mass is 229 g/mol. The number of rotatable bonds is 5. The van der Waals surface area contributed by atoms with Gasteiger partial charge >= 0.3 is 0 Å². The Kier molecular flexibility index (Phi) is 3.53. The van der Waals surface area contributed by atoms with Crippen LogP contribution in [0.4, 0.5) is 11.4 Å². The van der Waals surface area contributed by atoms with E-state index in [0.29, 0.717) is 17.3 Å². The summed E-state index contributed by atoms with van der Waals surface area (Å²) in [6.07, 6.45) is 5.11. The molecule has 1 fully saturated rings. The van der Waals surface area contributed by atoms with Crippen LogP contribution in [0.3, 0.4) is 0 Å². The number of hydrogen-bond acceptors (Lipinski definition) is 3. The summed E-state index contributed by atoms with van der Waals surface area (Å²) in [4.78, 5) is 0. The average Bonchev–Trinajstić information content (AvgIpc) is 3.14. The van der Waals surface area contributed by atoms with Crippen LogP contribution in [0, 0.1) is 17.2 Å². The fraction of sp³-hybridized carbons (Fsp3) is 0.500. The molecule has 0 spiro atoms. The summed E-state index contributed by atoms with van der Waals surface area (Å²) in [7, 11) is 0. The maximum Gasteiger partial charge on any atom is 0.101 e. The van der Waals surface area contributed by atoms with Crippen LogP contribution in [0.15, 0.2) is 18.2 Å². The van der Waals surface area contributed by atoms with Gasteiger partial charge in [-0.2, -0.15) is 5.26 Å². The predicted octanol–water partition coefficient (Wildman–Crippen LogP) is 3.13. The minimum absolute atomic E-state index is 0.512. The maximum atomic E-state index is 8.93. The second-order valence-corrected chi connectivity index (χ2v) is 4.84. The summed E-state index contributed by atoms with van der Waals surface area (Å²) in [6, 6.07) is 8.21. The van der Waals surface area contributed by atoms with Crippen molar-refractivity contribution in [2.75, 3.05) is 11.1 Å². The van der Waals surface area contributed by atoms with Crippen molar-refractivity contribution in [3.05, 3.63) is 23.8 Å². The Labute approximate surface area is 103 Å². The number of nitrogens with zero attached hydrogens (tertiary/aromatic N) is 1. The van der Waals surface area contributed by atoms with Crippen LogP contribution in [0.2, 0.25) is 0 Å². The van der Waals surface area contributed by atoms with Gasteiger partial charge in [0.15, 0.2) is 0 Å². The zero-order chi connectivity index (χ0) is 12.3. The summed E-state index contributed by atoms with van der Waals surface area (Å²) >= 11 is 0. The number of nitrogens with two attached hydrogens (primary N) is 1. The van der Waals surface area contributed by atoms with E-state index in [-0.39, 0.29) is 0 Å². The molecular weight excluding hydrogens is 210 g/mol. The van der Waals surface area contributed by atoms with Crippen molar-refractivity contribution >= 4 is 11.4 Å². The van der Waals surface area contributed by atoms with Gasteiger partial charge in [0, 0.05) is 17.4 Å².